The molecule has 1 rings (SSSR count). The van der Waals surface area contributed by atoms with Gasteiger partial charge < -0.3 is 14.9 Å². The van der Waals surface area contributed by atoms with Crippen LogP contribution in [0.15, 0.2) is 43.0 Å². The van der Waals surface area contributed by atoms with Crippen molar-refractivity contribution >= 4 is 0 Å². The molecule has 0 aliphatic rings. The fourth-order valence-electron chi connectivity index (χ4n) is 1.32. The molecule has 0 bridgehead atoms. The van der Waals surface area contributed by atoms with Gasteiger partial charge >= 0.3 is 0 Å². The second-order valence-corrected chi connectivity index (χ2v) is 3.15. The van der Waals surface area contributed by atoms with Gasteiger partial charge in [0.05, 0.1) is 13.2 Å². The quantitative estimate of drug-likeness (QED) is 0.692. The summed E-state index contributed by atoms with van der Waals surface area (Å²) >= 11 is 0. The van der Waals surface area contributed by atoms with Crippen LogP contribution in [0.3, 0.4) is 0 Å². The Morgan fingerprint density at radius 3 is 2.53 bits per heavy atom. The fraction of sp³-hybridized carbons (Fsp3) is 0.333. The first-order valence-corrected chi connectivity index (χ1v) is 4.87. The highest BCUT2D eigenvalue weighted by molar-refractivity contribution is 5.19. The van der Waals surface area contributed by atoms with Crippen molar-refractivity contribution < 1.29 is 14.9 Å². The van der Waals surface area contributed by atoms with Crippen molar-refractivity contribution in [2.75, 3.05) is 13.2 Å². The van der Waals surface area contributed by atoms with E-state index in [1.165, 1.54) is 6.08 Å². The third-order valence-corrected chi connectivity index (χ3v) is 2.09. The summed E-state index contributed by atoms with van der Waals surface area (Å²) in [5.74, 6) is 0. The molecule has 0 aliphatic heterocycles. The van der Waals surface area contributed by atoms with Gasteiger partial charge in [-0.05, 0) is 5.56 Å². The second-order valence-electron chi connectivity index (χ2n) is 3.15. The monoisotopic (exact) mass is 208 g/mol. The molecule has 1 aromatic carbocycles. The van der Waals surface area contributed by atoms with E-state index in [4.69, 9.17) is 9.84 Å². The number of ether oxygens (including phenoxy) is 1. The molecule has 0 spiro atoms. The van der Waals surface area contributed by atoms with Crippen LogP contribution in [0.5, 0.6) is 0 Å². The highest BCUT2D eigenvalue weighted by Crippen LogP contribution is 2.19. The zero-order valence-corrected chi connectivity index (χ0v) is 8.54. The van der Waals surface area contributed by atoms with Crippen LogP contribution in [0.2, 0.25) is 0 Å². The van der Waals surface area contributed by atoms with Crippen LogP contribution in [0.25, 0.3) is 0 Å². The Bertz CT molecular complexity index is 284. The molecule has 0 unspecified atom stereocenters. The summed E-state index contributed by atoms with van der Waals surface area (Å²) in [5, 5.41) is 18.6. The highest BCUT2D eigenvalue weighted by Gasteiger charge is 2.17. The molecule has 0 heterocycles. The Morgan fingerprint density at radius 2 is 2.00 bits per heavy atom. The molecular weight excluding hydrogens is 192 g/mol. The summed E-state index contributed by atoms with van der Waals surface area (Å²) in [7, 11) is 0. The van der Waals surface area contributed by atoms with Gasteiger partial charge in [-0.1, -0.05) is 36.4 Å². The molecular formula is C12H16O3. The zero-order chi connectivity index (χ0) is 11.1. The Balaban J connectivity index is 2.64. The van der Waals surface area contributed by atoms with Crippen LogP contribution in [-0.4, -0.2) is 29.5 Å². The molecule has 0 amide bonds. The van der Waals surface area contributed by atoms with E-state index in [1.807, 2.05) is 30.3 Å². The number of aliphatic hydroxyl groups is 2. The summed E-state index contributed by atoms with van der Waals surface area (Å²) in [5.41, 5.74) is 0.778. The van der Waals surface area contributed by atoms with Gasteiger partial charge in [-0.25, -0.2) is 0 Å². The van der Waals surface area contributed by atoms with Crippen molar-refractivity contribution in [2.45, 2.75) is 12.2 Å². The molecule has 0 aromatic heterocycles. The predicted molar refractivity (Wildman–Crippen MR) is 58.4 cm³/mol. The van der Waals surface area contributed by atoms with Gasteiger partial charge in [0, 0.05) is 0 Å². The molecule has 0 radical (unpaired) electrons. The van der Waals surface area contributed by atoms with E-state index >= 15 is 0 Å². The molecule has 3 nitrogen and oxygen atoms in total. The lowest BCUT2D eigenvalue weighted by molar-refractivity contribution is -0.0228. The lowest BCUT2D eigenvalue weighted by Crippen LogP contribution is -2.21. The maximum absolute atomic E-state index is 9.93. The van der Waals surface area contributed by atoms with Crippen molar-refractivity contribution in [1.29, 1.82) is 0 Å². The van der Waals surface area contributed by atoms with Gasteiger partial charge in [0.25, 0.3) is 0 Å². The van der Waals surface area contributed by atoms with Crippen molar-refractivity contribution in [3.05, 3.63) is 48.6 Å². The van der Waals surface area contributed by atoms with Crippen molar-refractivity contribution in [1.82, 2.24) is 0 Å². The van der Waals surface area contributed by atoms with Crippen LogP contribution in [-0.2, 0) is 4.74 Å². The number of rotatable bonds is 6. The third-order valence-electron chi connectivity index (χ3n) is 2.09. The number of hydrogen-bond acceptors (Lipinski definition) is 3. The lowest BCUT2D eigenvalue weighted by atomic mass is 10.0. The van der Waals surface area contributed by atoms with Gasteiger partial charge in [0.1, 0.15) is 12.2 Å². The Labute approximate surface area is 89.6 Å². The number of aliphatic hydroxyl groups excluding tert-OH is 2. The summed E-state index contributed by atoms with van der Waals surface area (Å²) < 4.78 is 5.24. The maximum Gasteiger partial charge on any atom is 0.109 e. The molecule has 2 atom stereocenters. The molecule has 0 aliphatic carbocycles. The topological polar surface area (TPSA) is 49.7 Å². The molecule has 1 aromatic rings. The normalized spacial score (nSPS) is 14.5. The first-order valence-electron chi connectivity index (χ1n) is 4.87. The molecule has 82 valence electrons. The van der Waals surface area contributed by atoms with E-state index in [0.29, 0.717) is 0 Å². The maximum atomic E-state index is 9.93. The third kappa shape index (κ3) is 3.47. The zero-order valence-electron chi connectivity index (χ0n) is 8.54. The summed E-state index contributed by atoms with van der Waals surface area (Å²) in [6, 6.07) is 9.23. The van der Waals surface area contributed by atoms with E-state index in [-0.39, 0.29) is 13.2 Å². The largest absolute Gasteiger partial charge is 0.394 e. The highest BCUT2D eigenvalue weighted by atomic mass is 16.5. The first-order chi connectivity index (χ1) is 7.29. The van der Waals surface area contributed by atoms with E-state index in [2.05, 4.69) is 6.58 Å². The van der Waals surface area contributed by atoms with Crippen molar-refractivity contribution in [2.24, 2.45) is 0 Å². The molecule has 0 saturated carbocycles. The minimum atomic E-state index is -0.741. The first kappa shape index (κ1) is 11.9. The second kappa shape index (κ2) is 6.35. The fourth-order valence-corrected chi connectivity index (χ4v) is 1.32. The Kier molecular flexibility index (Phi) is 5.04. The van der Waals surface area contributed by atoms with E-state index in [9.17, 15) is 5.11 Å². The van der Waals surface area contributed by atoms with Gasteiger partial charge in [-0.3, -0.25) is 0 Å². The lowest BCUT2D eigenvalue weighted by Gasteiger charge is -2.20. The van der Waals surface area contributed by atoms with Gasteiger partial charge in [0.15, 0.2) is 0 Å². The van der Waals surface area contributed by atoms with E-state index in [0.717, 1.165) is 5.56 Å². The van der Waals surface area contributed by atoms with Crippen LogP contribution in [0.1, 0.15) is 11.7 Å². The van der Waals surface area contributed by atoms with Crippen LogP contribution >= 0.6 is 0 Å². The van der Waals surface area contributed by atoms with Crippen LogP contribution < -0.4 is 0 Å². The van der Waals surface area contributed by atoms with Crippen molar-refractivity contribution in [3.8, 4) is 0 Å². The molecule has 15 heavy (non-hydrogen) atoms. The van der Waals surface area contributed by atoms with Gasteiger partial charge in [0.2, 0.25) is 0 Å². The summed E-state index contributed by atoms with van der Waals surface area (Å²) in [6.45, 7) is 3.73. The molecule has 2 N–H and O–H groups in total. The predicted octanol–water partition coefficient (Wildman–Crippen LogP) is 1.28. The molecule has 0 saturated heterocycles. The average Bonchev–Trinajstić information content (AvgIpc) is 2.31. The SMILES string of the molecule is C=C[C@H](OCCO)[C@H](O)c1ccccc1. The van der Waals surface area contributed by atoms with Gasteiger partial charge in [-0.2, -0.15) is 0 Å². The standard InChI is InChI=1S/C12H16O3/c1-2-11(15-9-8-13)12(14)10-6-4-3-5-7-10/h2-7,11-14H,1,8-9H2/t11-,12+/m0/s1. The van der Waals surface area contributed by atoms with Gasteiger partial charge in [-0.15, -0.1) is 6.58 Å². The number of benzene rings is 1. The van der Waals surface area contributed by atoms with Crippen molar-refractivity contribution in [3.63, 3.8) is 0 Å². The van der Waals surface area contributed by atoms with E-state index in [1.54, 1.807) is 0 Å². The molecule has 0 fully saturated rings. The van der Waals surface area contributed by atoms with E-state index < -0.39 is 12.2 Å². The Hall–Kier alpha value is -1.16. The summed E-state index contributed by atoms with van der Waals surface area (Å²) in [6.07, 6.45) is 0.308. The summed E-state index contributed by atoms with van der Waals surface area (Å²) in [4.78, 5) is 0. The minimum Gasteiger partial charge on any atom is -0.394 e. The number of hydrogen-bond donors (Lipinski definition) is 2. The average molecular weight is 208 g/mol. The smallest absolute Gasteiger partial charge is 0.109 e. The van der Waals surface area contributed by atoms with Crippen LogP contribution in [0, 0.1) is 0 Å². The Morgan fingerprint density at radius 1 is 1.33 bits per heavy atom. The molecule has 3 heteroatoms. The van der Waals surface area contributed by atoms with Crippen LogP contribution in [0.4, 0.5) is 0 Å². The minimum absolute atomic E-state index is 0.0636.